The molecule has 0 amide bonds. The molecular weight excluding hydrogens is 354 g/mol. The fourth-order valence-electron chi connectivity index (χ4n) is 1.35. The van der Waals surface area contributed by atoms with Crippen LogP contribution in [0.25, 0.3) is 0 Å². The third-order valence-corrected chi connectivity index (χ3v) is 2.97. The van der Waals surface area contributed by atoms with Gasteiger partial charge in [0.2, 0.25) is 0 Å². The van der Waals surface area contributed by atoms with Crippen molar-refractivity contribution in [3.05, 3.63) is 49.2 Å². The Balaban J connectivity index is 2.38. The number of rotatable bonds is 2. The first kappa shape index (κ1) is 12.4. The number of halogens is 2. The van der Waals surface area contributed by atoms with Gasteiger partial charge in [-0.2, -0.15) is 0 Å². The Bertz CT molecular complexity index is 593. The van der Waals surface area contributed by atoms with Crippen molar-refractivity contribution in [1.29, 1.82) is 0 Å². The molecule has 5 nitrogen and oxygen atoms in total. The first-order valence-corrected chi connectivity index (χ1v) is 6.22. The van der Waals surface area contributed by atoms with Crippen LogP contribution in [-0.2, 0) is 6.54 Å². The van der Waals surface area contributed by atoms with E-state index in [0.717, 1.165) is 5.69 Å². The lowest BCUT2D eigenvalue weighted by Gasteiger charge is -2.05. The molecule has 0 N–H and O–H groups in total. The molecule has 0 saturated heterocycles. The summed E-state index contributed by atoms with van der Waals surface area (Å²) in [5.41, 5.74) is 0.661. The second kappa shape index (κ2) is 5.09. The number of aryl methyl sites for hydroxylation is 1. The molecule has 2 aromatic heterocycles. The minimum absolute atomic E-state index is 0.109. The minimum atomic E-state index is -0.109. The van der Waals surface area contributed by atoms with Crippen LogP contribution < -0.4 is 5.56 Å². The Hall–Kier alpha value is -1.02. The Morgan fingerprint density at radius 3 is 2.94 bits per heavy atom. The van der Waals surface area contributed by atoms with Crippen molar-refractivity contribution in [2.75, 3.05) is 0 Å². The van der Waals surface area contributed by atoms with E-state index in [-0.39, 0.29) is 12.1 Å². The lowest BCUT2D eigenvalue weighted by Crippen LogP contribution is -2.23. The van der Waals surface area contributed by atoms with Gasteiger partial charge in [0, 0.05) is 11.9 Å². The largest absolute Gasteiger partial charge is 0.291 e. The van der Waals surface area contributed by atoms with Gasteiger partial charge in [0.15, 0.2) is 0 Å². The molecule has 0 unspecified atom stereocenters. The van der Waals surface area contributed by atoms with Gasteiger partial charge in [-0.3, -0.25) is 9.36 Å². The molecule has 2 rings (SSSR count). The fourth-order valence-corrected chi connectivity index (χ4v) is 2.07. The van der Waals surface area contributed by atoms with Gasteiger partial charge in [-0.25, -0.2) is 15.0 Å². The molecule has 0 aliphatic rings. The van der Waals surface area contributed by atoms with Crippen LogP contribution in [0.2, 0.25) is 5.15 Å². The maximum atomic E-state index is 11.8. The summed E-state index contributed by atoms with van der Waals surface area (Å²) < 4.78 is 2.01. The van der Waals surface area contributed by atoms with Crippen LogP contribution in [-0.4, -0.2) is 19.5 Å². The standard InChI is InChI=1S/C10H8ClIN4O/c1-6-2-8(11)15-9(14-6)4-16-5-13-3-7(12)10(16)17/h2-3,5H,4H2,1H3. The van der Waals surface area contributed by atoms with Crippen molar-refractivity contribution in [3.63, 3.8) is 0 Å². The van der Waals surface area contributed by atoms with Crippen molar-refractivity contribution >= 4 is 34.2 Å². The molecule has 17 heavy (non-hydrogen) atoms. The monoisotopic (exact) mass is 362 g/mol. The summed E-state index contributed by atoms with van der Waals surface area (Å²) in [5.74, 6) is 0.501. The molecule has 0 aliphatic heterocycles. The second-order valence-corrected chi connectivity index (χ2v) is 4.97. The van der Waals surface area contributed by atoms with E-state index in [1.807, 2.05) is 29.5 Å². The summed E-state index contributed by atoms with van der Waals surface area (Å²) in [4.78, 5) is 24.0. The van der Waals surface area contributed by atoms with Crippen molar-refractivity contribution in [2.45, 2.75) is 13.5 Å². The van der Waals surface area contributed by atoms with E-state index in [0.29, 0.717) is 14.5 Å². The molecule has 7 heteroatoms. The van der Waals surface area contributed by atoms with E-state index in [4.69, 9.17) is 11.6 Å². The molecule has 0 saturated carbocycles. The lowest BCUT2D eigenvalue weighted by molar-refractivity contribution is 0.689. The Morgan fingerprint density at radius 2 is 2.24 bits per heavy atom. The molecule has 2 aromatic rings. The van der Waals surface area contributed by atoms with Gasteiger partial charge in [0.1, 0.15) is 11.0 Å². The van der Waals surface area contributed by atoms with Crippen LogP contribution in [0.15, 0.2) is 23.4 Å². The van der Waals surface area contributed by atoms with Gasteiger partial charge in [0.25, 0.3) is 5.56 Å². The van der Waals surface area contributed by atoms with Crippen LogP contribution in [0.4, 0.5) is 0 Å². The zero-order valence-electron chi connectivity index (χ0n) is 8.89. The third-order valence-electron chi connectivity index (χ3n) is 2.04. The zero-order valence-corrected chi connectivity index (χ0v) is 11.8. The highest BCUT2D eigenvalue weighted by Gasteiger charge is 2.05. The maximum absolute atomic E-state index is 11.8. The highest BCUT2D eigenvalue weighted by Crippen LogP contribution is 2.07. The van der Waals surface area contributed by atoms with Gasteiger partial charge in [-0.05, 0) is 35.6 Å². The fraction of sp³-hybridized carbons (Fsp3) is 0.200. The van der Waals surface area contributed by atoms with E-state index >= 15 is 0 Å². The number of hydrogen-bond acceptors (Lipinski definition) is 4. The third kappa shape index (κ3) is 3.01. The van der Waals surface area contributed by atoms with Crippen LogP contribution in [0.5, 0.6) is 0 Å². The SMILES string of the molecule is Cc1cc(Cl)nc(Cn2cncc(I)c2=O)n1. The average Bonchev–Trinajstić information content (AvgIpc) is 2.23. The summed E-state index contributed by atoms with van der Waals surface area (Å²) in [6.07, 6.45) is 2.98. The first-order chi connectivity index (χ1) is 8.06. The number of hydrogen-bond donors (Lipinski definition) is 0. The van der Waals surface area contributed by atoms with Crippen molar-refractivity contribution < 1.29 is 0 Å². The zero-order chi connectivity index (χ0) is 12.4. The molecule has 0 aliphatic carbocycles. The average molecular weight is 363 g/mol. The highest BCUT2D eigenvalue weighted by molar-refractivity contribution is 14.1. The Kier molecular flexibility index (Phi) is 3.72. The molecule has 0 radical (unpaired) electrons. The molecule has 2 heterocycles. The van der Waals surface area contributed by atoms with Crippen molar-refractivity contribution in [1.82, 2.24) is 19.5 Å². The summed E-state index contributed by atoms with van der Waals surface area (Å²) in [7, 11) is 0. The molecule has 0 spiro atoms. The van der Waals surface area contributed by atoms with E-state index in [2.05, 4.69) is 15.0 Å². The summed E-state index contributed by atoms with van der Waals surface area (Å²) in [5, 5.41) is 0.374. The van der Waals surface area contributed by atoms with Crippen LogP contribution in [0, 0.1) is 10.5 Å². The molecular formula is C10H8ClIN4O. The van der Waals surface area contributed by atoms with E-state index in [9.17, 15) is 4.79 Å². The molecule has 0 fully saturated rings. The van der Waals surface area contributed by atoms with E-state index in [1.54, 1.807) is 6.07 Å². The maximum Gasteiger partial charge on any atom is 0.267 e. The Labute approximate surface area is 116 Å². The summed E-state index contributed by atoms with van der Waals surface area (Å²) >= 11 is 7.78. The predicted octanol–water partition coefficient (Wildman–Crippen LogP) is 1.65. The van der Waals surface area contributed by atoms with Gasteiger partial charge in [-0.15, -0.1) is 0 Å². The molecule has 0 aromatic carbocycles. The molecule has 0 bridgehead atoms. The molecule has 88 valence electrons. The summed E-state index contributed by atoms with van der Waals surface area (Å²) in [6.45, 7) is 2.09. The van der Waals surface area contributed by atoms with E-state index in [1.165, 1.54) is 17.1 Å². The predicted molar refractivity (Wildman–Crippen MR) is 72.1 cm³/mol. The molecule has 0 atom stereocenters. The highest BCUT2D eigenvalue weighted by atomic mass is 127. The lowest BCUT2D eigenvalue weighted by atomic mass is 10.4. The smallest absolute Gasteiger partial charge is 0.267 e. The van der Waals surface area contributed by atoms with Gasteiger partial charge in [-0.1, -0.05) is 11.6 Å². The van der Waals surface area contributed by atoms with Crippen molar-refractivity contribution in [3.8, 4) is 0 Å². The second-order valence-electron chi connectivity index (χ2n) is 3.42. The summed E-state index contributed by atoms with van der Waals surface area (Å²) in [6, 6.07) is 1.67. The topological polar surface area (TPSA) is 60.7 Å². The normalized spacial score (nSPS) is 10.5. The van der Waals surface area contributed by atoms with Crippen molar-refractivity contribution in [2.24, 2.45) is 0 Å². The number of aromatic nitrogens is 4. The van der Waals surface area contributed by atoms with Gasteiger partial charge >= 0.3 is 0 Å². The van der Waals surface area contributed by atoms with E-state index < -0.39 is 0 Å². The number of nitrogens with zero attached hydrogens (tertiary/aromatic N) is 4. The van der Waals surface area contributed by atoms with Gasteiger partial charge < -0.3 is 0 Å². The van der Waals surface area contributed by atoms with Crippen LogP contribution >= 0.6 is 34.2 Å². The Morgan fingerprint density at radius 1 is 1.47 bits per heavy atom. The minimum Gasteiger partial charge on any atom is -0.291 e. The van der Waals surface area contributed by atoms with Gasteiger partial charge in [0.05, 0.1) is 16.4 Å². The first-order valence-electron chi connectivity index (χ1n) is 4.76. The quantitative estimate of drug-likeness (QED) is 0.602. The van der Waals surface area contributed by atoms with Crippen LogP contribution in [0.1, 0.15) is 11.5 Å². The van der Waals surface area contributed by atoms with Crippen LogP contribution in [0.3, 0.4) is 0 Å².